The molecule has 0 unspecified atom stereocenters. The summed E-state index contributed by atoms with van der Waals surface area (Å²) in [5, 5.41) is 4.88. The van der Waals surface area contributed by atoms with Crippen molar-refractivity contribution in [1.82, 2.24) is 4.98 Å². The standard InChI is InChI=1S/C22H17ClF3N3O2/c23-16-13-19(28-14-6-2-1-3-7-14)18(12-15(16)22(24,25)26)29-21(31)10-9-20(30)17-8-4-5-11-27-17/h1-8,11-13,28H,9-10H2,(H,29,31). The Kier molecular flexibility index (Phi) is 6.91. The highest BCUT2D eigenvalue weighted by atomic mass is 35.5. The lowest BCUT2D eigenvalue weighted by molar-refractivity contribution is -0.137. The summed E-state index contributed by atoms with van der Waals surface area (Å²) in [4.78, 5) is 28.4. The van der Waals surface area contributed by atoms with E-state index in [0.29, 0.717) is 5.69 Å². The van der Waals surface area contributed by atoms with E-state index in [9.17, 15) is 22.8 Å². The predicted octanol–water partition coefficient (Wildman–Crippen LogP) is 6.10. The van der Waals surface area contributed by atoms with Crippen LogP contribution in [-0.2, 0) is 11.0 Å². The third kappa shape index (κ3) is 6.05. The quantitative estimate of drug-likeness (QED) is 0.429. The van der Waals surface area contributed by atoms with Gasteiger partial charge in [0.15, 0.2) is 5.78 Å². The van der Waals surface area contributed by atoms with Crippen LogP contribution in [0.3, 0.4) is 0 Å². The Bertz CT molecular complexity index is 1070. The monoisotopic (exact) mass is 447 g/mol. The fourth-order valence-corrected chi connectivity index (χ4v) is 3.04. The van der Waals surface area contributed by atoms with Crippen LogP contribution >= 0.6 is 11.6 Å². The van der Waals surface area contributed by atoms with Gasteiger partial charge in [-0.1, -0.05) is 35.9 Å². The minimum Gasteiger partial charge on any atom is -0.354 e. The minimum absolute atomic E-state index is 0.101. The molecule has 0 bridgehead atoms. The first-order valence-corrected chi connectivity index (χ1v) is 9.59. The third-order valence-corrected chi connectivity index (χ3v) is 4.58. The summed E-state index contributed by atoms with van der Waals surface area (Å²) in [7, 11) is 0. The average molecular weight is 448 g/mol. The number of benzene rings is 2. The van der Waals surface area contributed by atoms with E-state index >= 15 is 0 Å². The smallest absolute Gasteiger partial charge is 0.354 e. The summed E-state index contributed by atoms with van der Waals surface area (Å²) in [6.45, 7) is 0. The number of para-hydroxylation sites is 1. The number of alkyl halides is 3. The highest BCUT2D eigenvalue weighted by Crippen LogP contribution is 2.40. The van der Waals surface area contributed by atoms with E-state index in [2.05, 4.69) is 15.6 Å². The molecule has 0 saturated carbocycles. The molecule has 1 heterocycles. The second-order valence-electron chi connectivity index (χ2n) is 6.55. The zero-order valence-corrected chi connectivity index (χ0v) is 16.8. The summed E-state index contributed by atoms with van der Waals surface area (Å²) in [6, 6.07) is 15.4. The molecule has 2 N–H and O–H groups in total. The number of hydrogen-bond donors (Lipinski definition) is 2. The van der Waals surface area contributed by atoms with Crippen molar-refractivity contribution in [2.24, 2.45) is 0 Å². The molecule has 31 heavy (non-hydrogen) atoms. The van der Waals surface area contributed by atoms with Crippen LogP contribution in [0, 0.1) is 0 Å². The van der Waals surface area contributed by atoms with E-state index in [1.165, 1.54) is 12.3 Å². The number of anilines is 3. The molecule has 9 heteroatoms. The molecule has 0 aliphatic rings. The van der Waals surface area contributed by atoms with E-state index in [0.717, 1.165) is 12.1 Å². The number of Topliss-reactive ketones (excluding diaryl/α,β-unsaturated/α-hetero) is 1. The highest BCUT2D eigenvalue weighted by Gasteiger charge is 2.34. The number of halogens is 4. The molecule has 160 valence electrons. The summed E-state index contributed by atoms with van der Waals surface area (Å²) >= 11 is 5.84. The largest absolute Gasteiger partial charge is 0.417 e. The van der Waals surface area contributed by atoms with Gasteiger partial charge < -0.3 is 10.6 Å². The number of nitrogens with zero attached hydrogens (tertiary/aromatic N) is 1. The molecular weight excluding hydrogens is 431 g/mol. The summed E-state index contributed by atoms with van der Waals surface area (Å²) < 4.78 is 39.9. The van der Waals surface area contributed by atoms with Crippen LogP contribution in [0.5, 0.6) is 0 Å². The number of carbonyl (C=O) groups excluding carboxylic acids is 2. The molecule has 3 rings (SSSR count). The van der Waals surface area contributed by atoms with Crippen LogP contribution in [-0.4, -0.2) is 16.7 Å². The molecule has 0 fully saturated rings. The van der Waals surface area contributed by atoms with Crippen molar-refractivity contribution in [2.75, 3.05) is 10.6 Å². The lowest BCUT2D eigenvalue weighted by Gasteiger charge is -2.17. The Morgan fingerprint density at radius 2 is 1.65 bits per heavy atom. The van der Waals surface area contributed by atoms with Crippen molar-refractivity contribution >= 4 is 40.4 Å². The van der Waals surface area contributed by atoms with Gasteiger partial charge in [0, 0.05) is 24.7 Å². The van der Waals surface area contributed by atoms with E-state index in [4.69, 9.17) is 11.6 Å². The van der Waals surface area contributed by atoms with E-state index in [1.54, 1.807) is 42.5 Å². The fourth-order valence-electron chi connectivity index (χ4n) is 2.77. The van der Waals surface area contributed by atoms with Gasteiger partial charge in [0.1, 0.15) is 5.69 Å². The van der Waals surface area contributed by atoms with Gasteiger partial charge in [-0.3, -0.25) is 14.6 Å². The molecule has 0 spiro atoms. The van der Waals surface area contributed by atoms with E-state index in [-0.39, 0.29) is 35.7 Å². The van der Waals surface area contributed by atoms with Crippen LogP contribution in [0.2, 0.25) is 5.02 Å². The van der Waals surface area contributed by atoms with Gasteiger partial charge in [-0.05, 0) is 36.4 Å². The van der Waals surface area contributed by atoms with Crippen molar-refractivity contribution in [1.29, 1.82) is 0 Å². The molecule has 0 radical (unpaired) electrons. The van der Waals surface area contributed by atoms with Gasteiger partial charge in [-0.25, -0.2) is 0 Å². The van der Waals surface area contributed by atoms with Crippen molar-refractivity contribution < 1.29 is 22.8 Å². The maximum atomic E-state index is 13.3. The second kappa shape index (κ2) is 9.61. The van der Waals surface area contributed by atoms with Gasteiger partial charge in [-0.15, -0.1) is 0 Å². The van der Waals surface area contributed by atoms with Crippen molar-refractivity contribution in [2.45, 2.75) is 19.0 Å². The average Bonchev–Trinajstić information content (AvgIpc) is 2.74. The van der Waals surface area contributed by atoms with Gasteiger partial charge in [-0.2, -0.15) is 13.2 Å². The maximum Gasteiger partial charge on any atom is 0.417 e. The van der Waals surface area contributed by atoms with Gasteiger partial charge >= 0.3 is 6.18 Å². The van der Waals surface area contributed by atoms with Crippen molar-refractivity contribution in [3.63, 3.8) is 0 Å². The van der Waals surface area contributed by atoms with Gasteiger partial charge in [0.2, 0.25) is 5.91 Å². The SMILES string of the molecule is O=C(CCC(=O)c1ccccn1)Nc1cc(C(F)(F)F)c(Cl)cc1Nc1ccccc1. The van der Waals surface area contributed by atoms with Gasteiger partial charge in [0.05, 0.1) is 22.0 Å². The molecule has 0 aliphatic heterocycles. The van der Waals surface area contributed by atoms with Crippen LogP contribution in [0.1, 0.15) is 28.9 Å². The first-order chi connectivity index (χ1) is 14.7. The molecular formula is C22H17ClF3N3O2. The number of rotatable bonds is 7. The maximum absolute atomic E-state index is 13.3. The summed E-state index contributed by atoms with van der Waals surface area (Å²) in [5.74, 6) is -0.957. The molecule has 1 aromatic heterocycles. The number of hydrogen-bond acceptors (Lipinski definition) is 4. The number of aromatic nitrogens is 1. The van der Waals surface area contributed by atoms with Crippen LogP contribution in [0.4, 0.5) is 30.2 Å². The zero-order chi connectivity index (χ0) is 22.4. The minimum atomic E-state index is -4.70. The Morgan fingerprint density at radius 3 is 2.29 bits per heavy atom. The van der Waals surface area contributed by atoms with Crippen LogP contribution in [0.15, 0.2) is 66.9 Å². The lowest BCUT2D eigenvalue weighted by atomic mass is 10.1. The number of ketones is 1. The Balaban J connectivity index is 1.80. The van der Waals surface area contributed by atoms with E-state index in [1.807, 2.05) is 0 Å². The predicted molar refractivity (Wildman–Crippen MR) is 113 cm³/mol. The zero-order valence-electron chi connectivity index (χ0n) is 16.0. The third-order valence-electron chi connectivity index (χ3n) is 4.27. The van der Waals surface area contributed by atoms with Crippen molar-refractivity contribution in [3.8, 4) is 0 Å². The molecule has 0 saturated heterocycles. The summed E-state index contributed by atoms with van der Waals surface area (Å²) in [5.41, 5.74) is -0.177. The first kappa shape index (κ1) is 22.3. The fraction of sp³-hybridized carbons (Fsp3) is 0.136. The Hall–Kier alpha value is -3.39. The topological polar surface area (TPSA) is 71.1 Å². The first-order valence-electron chi connectivity index (χ1n) is 9.21. The second-order valence-corrected chi connectivity index (χ2v) is 6.96. The molecule has 0 atom stereocenters. The molecule has 5 nitrogen and oxygen atoms in total. The molecule has 0 aliphatic carbocycles. The van der Waals surface area contributed by atoms with Crippen molar-refractivity contribution in [3.05, 3.63) is 83.1 Å². The number of pyridine rings is 1. The van der Waals surface area contributed by atoms with Gasteiger partial charge in [0.25, 0.3) is 0 Å². The van der Waals surface area contributed by atoms with Crippen LogP contribution in [0.25, 0.3) is 0 Å². The summed E-state index contributed by atoms with van der Waals surface area (Å²) in [6.07, 6.45) is -3.59. The Labute approximate surface area is 181 Å². The molecule has 3 aromatic rings. The van der Waals surface area contributed by atoms with Crippen LogP contribution < -0.4 is 10.6 Å². The number of carbonyl (C=O) groups is 2. The molecule has 1 amide bonds. The lowest BCUT2D eigenvalue weighted by Crippen LogP contribution is -2.16. The Morgan fingerprint density at radius 1 is 0.935 bits per heavy atom. The highest BCUT2D eigenvalue weighted by molar-refractivity contribution is 6.32. The number of nitrogens with one attached hydrogen (secondary N) is 2. The molecule has 2 aromatic carbocycles. The normalized spacial score (nSPS) is 11.1. The number of amides is 1. The van der Waals surface area contributed by atoms with E-state index < -0.39 is 22.7 Å².